The highest BCUT2D eigenvalue weighted by Gasteiger charge is 2.38. The van der Waals surface area contributed by atoms with Crippen LogP contribution in [0.2, 0.25) is 0 Å². The normalized spacial score (nSPS) is 40.5. The lowest BCUT2D eigenvalue weighted by molar-refractivity contribution is -0.112. The van der Waals surface area contributed by atoms with Crippen molar-refractivity contribution in [2.24, 2.45) is 5.92 Å². The Bertz CT molecular complexity index is 169. The van der Waals surface area contributed by atoms with E-state index in [1.165, 1.54) is 44.9 Å². The van der Waals surface area contributed by atoms with Gasteiger partial charge in [0, 0.05) is 5.54 Å². The predicted octanol–water partition coefficient (Wildman–Crippen LogP) is 1.85. The Morgan fingerprint density at radius 2 is 1.92 bits per heavy atom. The van der Waals surface area contributed by atoms with Gasteiger partial charge < -0.3 is 5.32 Å². The zero-order chi connectivity index (χ0) is 8.44. The molecule has 1 N–H and O–H groups in total. The van der Waals surface area contributed by atoms with Gasteiger partial charge in [0.2, 0.25) is 6.41 Å². The number of hydrogen-bond acceptors (Lipinski definition) is 1. The fraction of sp³-hybridized carbons (Fsp3) is 0.900. The molecule has 2 rings (SSSR count). The van der Waals surface area contributed by atoms with Crippen LogP contribution in [0.3, 0.4) is 0 Å². The molecule has 2 heteroatoms. The molecule has 2 saturated carbocycles. The zero-order valence-electron chi connectivity index (χ0n) is 7.51. The average molecular weight is 167 g/mol. The van der Waals surface area contributed by atoms with Gasteiger partial charge >= 0.3 is 0 Å². The van der Waals surface area contributed by atoms with Gasteiger partial charge in [-0.15, -0.1) is 0 Å². The predicted molar refractivity (Wildman–Crippen MR) is 47.7 cm³/mol. The van der Waals surface area contributed by atoms with Crippen molar-refractivity contribution in [1.82, 2.24) is 5.32 Å². The molecule has 0 aromatic carbocycles. The summed E-state index contributed by atoms with van der Waals surface area (Å²) in [6.45, 7) is 0. The van der Waals surface area contributed by atoms with E-state index in [4.69, 9.17) is 0 Å². The van der Waals surface area contributed by atoms with Crippen LogP contribution in [0, 0.1) is 5.92 Å². The van der Waals surface area contributed by atoms with Gasteiger partial charge in [-0.3, -0.25) is 4.79 Å². The second kappa shape index (κ2) is 3.08. The first-order valence-corrected chi connectivity index (χ1v) is 5.06. The van der Waals surface area contributed by atoms with Crippen LogP contribution in [0.5, 0.6) is 0 Å². The van der Waals surface area contributed by atoms with Crippen molar-refractivity contribution >= 4 is 6.41 Å². The van der Waals surface area contributed by atoms with E-state index in [1.54, 1.807) is 0 Å². The third-order valence-corrected chi connectivity index (χ3v) is 3.58. The van der Waals surface area contributed by atoms with Crippen molar-refractivity contribution in [3.63, 3.8) is 0 Å². The molecule has 0 aromatic rings. The minimum absolute atomic E-state index is 0.211. The Labute approximate surface area is 73.7 Å². The number of carbonyl (C=O) groups excluding carboxylic acids is 1. The molecule has 0 unspecified atom stereocenters. The lowest BCUT2D eigenvalue weighted by Gasteiger charge is -2.44. The summed E-state index contributed by atoms with van der Waals surface area (Å²) < 4.78 is 0. The molecule has 1 amide bonds. The molecule has 0 heterocycles. The molecule has 2 aliphatic rings. The van der Waals surface area contributed by atoms with E-state index in [0.29, 0.717) is 0 Å². The number of nitrogens with one attached hydrogen (secondary N) is 1. The topological polar surface area (TPSA) is 29.1 Å². The summed E-state index contributed by atoms with van der Waals surface area (Å²) >= 11 is 0. The van der Waals surface area contributed by atoms with Gasteiger partial charge in [-0.2, -0.15) is 0 Å². The van der Waals surface area contributed by atoms with Crippen LogP contribution in [0.1, 0.15) is 44.9 Å². The van der Waals surface area contributed by atoms with Crippen molar-refractivity contribution in [3.8, 4) is 0 Å². The largest absolute Gasteiger partial charge is 0.353 e. The fourth-order valence-corrected chi connectivity index (χ4v) is 3.02. The number of rotatable bonds is 2. The minimum Gasteiger partial charge on any atom is -0.353 e. The molecule has 2 nitrogen and oxygen atoms in total. The summed E-state index contributed by atoms with van der Waals surface area (Å²) in [5.74, 6) is 0.903. The van der Waals surface area contributed by atoms with Crippen LogP contribution in [-0.4, -0.2) is 11.9 Å². The number of amides is 1. The molecular formula is C10H17NO. The quantitative estimate of drug-likeness (QED) is 0.625. The van der Waals surface area contributed by atoms with Crippen LogP contribution >= 0.6 is 0 Å². The number of fused-ring (bicyclic) bond motifs is 2. The van der Waals surface area contributed by atoms with Gasteiger partial charge in [0.1, 0.15) is 0 Å². The summed E-state index contributed by atoms with van der Waals surface area (Å²) in [5.41, 5.74) is 0.211. The van der Waals surface area contributed by atoms with Gasteiger partial charge in [0.15, 0.2) is 0 Å². The summed E-state index contributed by atoms with van der Waals surface area (Å²) in [6.07, 6.45) is 9.96. The first-order chi connectivity index (χ1) is 5.85. The lowest BCUT2D eigenvalue weighted by Crippen LogP contribution is -2.50. The van der Waals surface area contributed by atoms with E-state index in [-0.39, 0.29) is 5.54 Å². The highest BCUT2D eigenvalue weighted by atomic mass is 16.1. The highest BCUT2D eigenvalue weighted by molar-refractivity contribution is 5.48. The number of carbonyl (C=O) groups is 1. The van der Waals surface area contributed by atoms with Crippen LogP contribution in [0.4, 0.5) is 0 Å². The third-order valence-electron chi connectivity index (χ3n) is 3.58. The van der Waals surface area contributed by atoms with E-state index in [2.05, 4.69) is 5.32 Å². The molecule has 2 bridgehead atoms. The van der Waals surface area contributed by atoms with Gasteiger partial charge in [-0.25, -0.2) is 0 Å². The highest BCUT2D eigenvalue weighted by Crippen LogP contribution is 2.42. The average Bonchev–Trinajstić information content (AvgIpc) is 2.04. The zero-order valence-corrected chi connectivity index (χ0v) is 7.51. The van der Waals surface area contributed by atoms with Gasteiger partial charge in [0.05, 0.1) is 0 Å². The van der Waals surface area contributed by atoms with Gasteiger partial charge in [-0.05, 0) is 25.2 Å². The van der Waals surface area contributed by atoms with E-state index >= 15 is 0 Å². The summed E-state index contributed by atoms with van der Waals surface area (Å²) in [4.78, 5) is 10.5. The maximum Gasteiger partial charge on any atom is 0.207 e. The van der Waals surface area contributed by atoms with Crippen molar-refractivity contribution in [2.75, 3.05) is 0 Å². The fourth-order valence-electron chi connectivity index (χ4n) is 3.02. The van der Waals surface area contributed by atoms with Crippen LogP contribution in [0.25, 0.3) is 0 Å². The maximum absolute atomic E-state index is 10.5. The second-order valence-electron chi connectivity index (χ2n) is 4.40. The number of hydrogen-bond donors (Lipinski definition) is 1. The Kier molecular flexibility index (Phi) is 2.07. The first kappa shape index (κ1) is 8.09. The third kappa shape index (κ3) is 1.35. The molecule has 0 saturated heterocycles. The Hall–Kier alpha value is -0.530. The van der Waals surface area contributed by atoms with E-state index in [1.807, 2.05) is 0 Å². The summed E-state index contributed by atoms with van der Waals surface area (Å²) in [5, 5.41) is 3.05. The summed E-state index contributed by atoms with van der Waals surface area (Å²) in [6, 6.07) is 0. The van der Waals surface area contributed by atoms with Crippen molar-refractivity contribution in [2.45, 2.75) is 50.5 Å². The van der Waals surface area contributed by atoms with E-state index in [0.717, 1.165) is 12.3 Å². The molecule has 2 aliphatic carbocycles. The molecule has 0 aliphatic heterocycles. The molecule has 2 fully saturated rings. The molecule has 0 aromatic heterocycles. The SMILES string of the molecule is O=CNC12CCCC(CCC1)C2. The van der Waals surface area contributed by atoms with Crippen LogP contribution < -0.4 is 5.32 Å². The first-order valence-electron chi connectivity index (χ1n) is 5.06. The van der Waals surface area contributed by atoms with Gasteiger partial charge in [-0.1, -0.05) is 25.7 Å². The molecule has 0 radical (unpaired) electrons. The smallest absolute Gasteiger partial charge is 0.207 e. The second-order valence-corrected chi connectivity index (χ2v) is 4.40. The Morgan fingerprint density at radius 1 is 1.25 bits per heavy atom. The maximum atomic E-state index is 10.5. The summed E-state index contributed by atoms with van der Waals surface area (Å²) in [7, 11) is 0. The molecule has 12 heavy (non-hydrogen) atoms. The Morgan fingerprint density at radius 3 is 2.50 bits per heavy atom. The van der Waals surface area contributed by atoms with Crippen molar-refractivity contribution in [1.29, 1.82) is 0 Å². The van der Waals surface area contributed by atoms with E-state index in [9.17, 15) is 4.79 Å². The van der Waals surface area contributed by atoms with E-state index < -0.39 is 0 Å². The Balaban J connectivity index is 2.06. The van der Waals surface area contributed by atoms with Gasteiger partial charge in [0.25, 0.3) is 0 Å². The van der Waals surface area contributed by atoms with Crippen molar-refractivity contribution in [3.05, 3.63) is 0 Å². The van der Waals surface area contributed by atoms with Crippen molar-refractivity contribution < 1.29 is 4.79 Å². The lowest BCUT2D eigenvalue weighted by atomic mass is 9.67. The monoisotopic (exact) mass is 167 g/mol. The molecular weight excluding hydrogens is 150 g/mol. The molecule has 0 spiro atoms. The van der Waals surface area contributed by atoms with Crippen LogP contribution in [0.15, 0.2) is 0 Å². The molecule has 68 valence electrons. The molecule has 0 atom stereocenters. The van der Waals surface area contributed by atoms with Crippen LogP contribution in [-0.2, 0) is 4.79 Å². The standard InChI is InChI=1S/C10H17NO/c12-8-11-10-5-1-3-9(7-10)4-2-6-10/h8-9H,1-7H2,(H,11,12). The minimum atomic E-state index is 0.211.